The molecule has 3 rings (SSSR count). The van der Waals surface area contributed by atoms with Gasteiger partial charge in [-0.1, -0.05) is 19.1 Å². The van der Waals surface area contributed by atoms with Gasteiger partial charge in [0.15, 0.2) is 0 Å². The number of nitrogens with zero attached hydrogens (tertiary/aromatic N) is 1. The van der Waals surface area contributed by atoms with Crippen molar-refractivity contribution in [1.29, 1.82) is 0 Å². The number of aryl methyl sites for hydroxylation is 1. The lowest BCUT2D eigenvalue weighted by molar-refractivity contribution is -0.133. The number of amides is 1. The lowest BCUT2D eigenvalue weighted by atomic mass is 10.1. The molecular formula is C20H25FN2O2. The Morgan fingerprint density at radius 1 is 1.32 bits per heavy atom. The summed E-state index contributed by atoms with van der Waals surface area (Å²) in [7, 11) is 0. The van der Waals surface area contributed by atoms with E-state index in [9.17, 15) is 9.18 Å². The molecule has 0 spiro atoms. The average molecular weight is 344 g/mol. The zero-order valence-corrected chi connectivity index (χ0v) is 14.6. The van der Waals surface area contributed by atoms with E-state index in [1.165, 1.54) is 6.07 Å². The van der Waals surface area contributed by atoms with E-state index in [-0.39, 0.29) is 11.7 Å². The third-order valence-electron chi connectivity index (χ3n) is 4.65. The Bertz CT molecular complexity index is 707. The highest BCUT2D eigenvalue weighted by molar-refractivity contribution is 5.76. The Kier molecular flexibility index (Phi) is 5.87. The van der Waals surface area contributed by atoms with Crippen LogP contribution in [0.25, 0.3) is 11.3 Å². The fourth-order valence-corrected chi connectivity index (χ4v) is 3.35. The minimum atomic E-state index is -0.303. The Labute approximate surface area is 148 Å². The zero-order valence-electron chi connectivity index (χ0n) is 14.6. The number of hydrogen-bond donors (Lipinski definition) is 1. The summed E-state index contributed by atoms with van der Waals surface area (Å²) in [6, 6.07) is 10.4. The van der Waals surface area contributed by atoms with Gasteiger partial charge in [0.25, 0.3) is 0 Å². The maximum atomic E-state index is 13.8. The lowest BCUT2D eigenvalue weighted by Gasteiger charge is -2.28. The number of carbonyl (C=O) groups is 1. The highest BCUT2D eigenvalue weighted by atomic mass is 19.1. The van der Waals surface area contributed by atoms with Gasteiger partial charge in [0.05, 0.1) is 5.56 Å². The molecule has 1 aliphatic rings. The van der Waals surface area contributed by atoms with E-state index in [1.54, 1.807) is 24.3 Å². The summed E-state index contributed by atoms with van der Waals surface area (Å²) >= 11 is 0. The molecule has 0 aliphatic carbocycles. The molecule has 25 heavy (non-hydrogen) atoms. The largest absolute Gasteiger partial charge is 0.461 e. The Morgan fingerprint density at radius 2 is 2.16 bits per heavy atom. The van der Waals surface area contributed by atoms with Crippen molar-refractivity contribution in [3.8, 4) is 11.3 Å². The molecule has 1 fully saturated rings. The van der Waals surface area contributed by atoms with Crippen LogP contribution in [0.1, 0.15) is 31.9 Å². The molecule has 134 valence electrons. The van der Waals surface area contributed by atoms with Gasteiger partial charge < -0.3 is 14.6 Å². The van der Waals surface area contributed by atoms with Crippen LogP contribution in [-0.2, 0) is 11.2 Å². The van der Waals surface area contributed by atoms with Crippen LogP contribution in [0.2, 0.25) is 0 Å². The fourth-order valence-electron chi connectivity index (χ4n) is 3.35. The third kappa shape index (κ3) is 4.28. The number of carbonyl (C=O) groups excluding carboxylic acids is 1. The molecule has 1 atom stereocenters. The maximum absolute atomic E-state index is 13.8. The van der Waals surface area contributed by atoms with Crippen molar-refractivity contribution < 1.29 is 13.6 Å². The number of nitrogens with one attached hydrogen (secondary N) is 1. The molecule has 0 radical (unpaired) electrons. The first-order valence-electron chi connectivity index (χ1n) is 9.03. The molecule has 2 heterocycles. The first kappa shape index (κ1) is 17.7. The van der Waals surface area contributed by atoms with Gasteiger partial charge in [-0.2, -0.15) is 0 Å². The van der Waals surface area contributed by atoms with Gasteiger partial charge in [-0.3, -0.25) is 4.79 Å². The van der Waals surface area contributed by atoms with Crippen LogP contribution in [0.5, 0.6) is 0 Å². The van der Waals surface area contributed by atoms with Gasteiger partial charge in [0.1, 0.15) is 17.3 Å². The molecule has 2 aromatic rings. The van der Waals surface area contributed by atoms with Crippen molar-refractivity contribution in [3.63, 3.8) is 0 Å². The summed E-state index contributed by atoms with van der Waals surface area (Å²) in [5.41, 5.74) is 0.449. The average Bonchev–Trinajstić information content (AvgIpc) is 3.30. The van der Waals surface area contributed by atoms with Crippen LogP contribution in [0.15, 0.2) is 40.8 Å². The minimum Gasteiger partial charge on any atom is -0.461 e. The summed E-state index contributed by atoms with van der Waals surface area (Å²) in [4.78, 5) is 14.6. The molecule has 1 aromatic carbocycles. The van der Waals surface area contributed by atoms with E-state index in [0.717, 1.165) is 32.5 Å². The van der Waals surface area contributed by atoms with Gasteiger partial charge in [-0.25, -0.2) is 4.39 Å². The molecule has 1 saturated heterocycles. The molecule has 1 aliphatic heterocycles. The molecule has 0 bridgehead atoms. The van der Waals surface area contributed by atoms with Crippen LogP contribution in [0, 0.1) is 5.82 Å². The molecule has 1 aromatic heterocycles. The van der Waals surface area contributed by atoms with Crippen LogP contribution in [-0.4, -0.2) is 36.5 Å². The van der Waals surface area contributed by atoms with E-state index in [1.807, 2.05) is 11.0 Å². The highest BCUT2D eigenvalue weighted by Gasteiger charge is 2.25. The smallest absolute Gasteiger partial charge is 0.223 e. The highest BCUT2D eigenvalue weighted by Crippen LogP contribution is 2.25. The van der Waals surface area contributed by atoms with Gasteiger partial charge >= 0.3 is 0 Å². The van der Waals surface area contributed by atoms with E-state index in [2.05, 4.69) is 12.2 Å². The molecule has 1 unspecified atom stereocenters. The van der Waals surface area contributed by atoms with Crippen molar-refractivity contribution in [2.24, 2.45) is 0 Å². The summed E-state index contributed by atoms with van der Waals surface area (Å²) in [5, 5.41) is 3.32. The third-order valence-corrected chi connectivity index (χ3v) is 4.65. The SMILES string of the molecule is CCCN(C(=O)CCc1ccc(-c2ccccc2F)o1)C1CCNC1. The molecule has 1 N–H and O–H groups in total. The fraction of sp³-hybridized carbons (Fsp3) is 0.450. The number of halogens is 1. The lowest BCUT2D eigenvalue weighted by Crippen LogP contribution is -2.42. The predicted octanol–water partition coefficient (Wildman–Crippen LogP) is 3.62. The minimum absolute atomic E-state index is 0.166. The van der Waals surface area contributed by atoms with Crippen molar-refractivity contribution in [2.45, 2.75) is 38.6 Å². The van der Waals surface area contributed by atoms with Crippen molar-refractivity contribution in [2.75, 3.05) is 19.6 Å². The first-order chi connectivity index (χ1) is 12.2. The molecule has 0 saturated carbocycles. The van der Waals surface area contributed by atoms with E-state index in [4.69, 9.17) is 4.42 Å². The number of benzene rings is 1. The monoisotopic (exact) mass is 344 g/mol. The van der Waals surface area contributed by atoms with Crippen LogP contribution in [0.3, 0.4) is 0 Å². The second-order valence-electron chi connectivity index (χ2n) is 6.48. The Hall–Kier alpha value is -2.14. The van der Waals surface area contributed by atoms with E-state index < -0.39 is 0 Å². The van der Waals surface area contributed by atoms with Crippen LogP contribution in [0.4, 0.5) is 4.39 Å². The first-order valence-corrected chi connectivity index (χ1v) is 9.03. The summed E-state index contributed by atoms with van der Waals surface area (Å²) in [5.74, 6) is 1.08. The maximum Gasteiger partial charge on any atom is 0.223 e. The standard InChI is InChI=1S/C20H25FN2O2/c1-2-13-23(15-11-12-22-14-15)20(24)10-8-16-7-9-19(25-16)17-5-3-4-6-18(17)21/h3-7,9,15,22H,2,8,10-14H2,1H3. The van der Waals surface area contributed by atoms with E-state index >= 15 is 0 Å². The second-order valence-corrected chi connectivity index (χ2v) is 6.48. The normalized spacial score (nSPS) is 17.0. The molecule has 1 amide bonds. The predicted molar refractivity (Wildman–Crippen MR) is 95.7 cm³/mol. The number of rotatable bonds is 7. The second kappa shape index (κ2) is 8.30. The topological polar surface area (TPSA) is 45.5 Å². The number of furan rings is 1. The van der Waals surface area contributed by atoms with Gasteiger partial charge in [-0.05, 0) is 43.7 Å². The Balaban J connectivity index is 1.61. The van der Waals surface area contributed by atoms with Gasteiger partial charge in [-0.15, -0.1) is 0 Å². The molecule has 5 heteroatoms. The number of hydrogen-bond acceptors (Lipinski definition) is 3. The van der Waals surface area contributed by atoms with Crippen LogP contribution >= 0.6 is 0 Å². The summed E-state index contributed by atoms with van der Waals surface area (Å²) in [6.07, 6.45) is 2.93. The zero-order chi connectivity index (χ0) is 17.6. The quantitative estimate of drug-likeness (QED) is 0.834. The van der Waals surface area contributed by atoms with Crippen molar-refractivity contribution in [3.05, 3.63) is 48.0 Å². The summed E-state index contributed by atoms with van der Waals surface area (Å²) in [6.45, 7) is 4.74. The Morgan fingerprint density at radius 3 is 2.88 bits per heavy atom. The molecule has 4 nitrogen and oxygen atoms in total. The van der Waals surface area contributed by atoms with Crippen LogP contribution < -0.4 is 5.32 Å². The molecular weight excluding hydrogens is 319 g/mol. The summed E-state index contributed by atoms with van der Waals surface area (Å²) < 4.78 is 19.6. The van der Waals surface area contributed by atoms with Crippen molar-refractivity contribution in [1.82, 2.24) is 10.2 Å². The van der Waals surface area contributed by atoms with Gasteiger partial charge in [0, 0.05) is 32.0 Å². The van der Waals surface area contributed by atoms with E-state index in [0.29, 0.717) is 36.0 Å². The van der Waals surface area contributed by atoms with Gasteiger partial charge in [0.2, 0.25) is 5.91 Å². The van der Waals surface area contributed by atoms with Crippen molar-refractivity contribution >= 4 is 5.91 Å².